The van der Waals surface area contributed by atoms with Crippen molar-refractivity contribution in [3.05, 3.63) is 35.0 Å². The van der Waals surface area contributed by atoms with Crippen molar-refractivity contribution in [2.45, 2.75) is 39.0 Å². The second kappa shape index (κ2) is 5.50. The number of aromatic nitrogens is 1. The lowest BCUT2D eigenvalue weighted by atomic mass is 10.0. The largest absolute Gasteiger partial charge is 0.468 e. The van der Waals surface area contributed by atoms with Crippen LogP contribution in [0.1, 0.15) is 23.6 Å². The van der Waals surface area contributed by atoms with Crippen LogP contribution in [0.2, 0.25) is 0 Å². The normalized spacial score (nSPS) is 15.2. The van der Waals surface area contributed by atoms with E-state index in [0.717, 1.165) is 25.2 Å². The van der Waals surface area contributed by atoms with Gasteiger partial charge in [-0.25, -0.2) is 0 Å². The van der Waals surface area contributed by atoms with E-state index >= 15 is 0 Å². The Morgan fingerprint density at radius 2 is 2.14 bits per heavy atom. The Labute approximate surface area is 124 Å². The molecule has 1 aromatic heterocycles. The first-order valence-corrected chi connectivity index (χ1v) is 7.31. The maximum atomic E-state index is 11.6. The van der Waals surface area contributed by atoms with E-state index in [0.29, 0.717) is 6.42 Å². The van der Waals surface area contributed by atoms with Crippen LogP contribution in [0.4, 0.5) is 0 Å². The van der Waals surface area contributed by atoms with Gasteiger partial charge in [0.1, 0.15) is 6.04 Å². The summed E-state index contributed by atoms with van der Waals surface area (Å²) in [6.45, 7) is 4.85. The number of aryl methyl sites for hydroxylation is 1. The van der Waals surface area contributed by atoms with Gasteiger partial charge in [0.25, 0.3) is 0 Å². The molecule has 3 N–H and O–H groups in total. The van der Waals surface area contributed by atoms with Crippen LogP contribution < -0.4 is 11.1 Å². The van der Waals surface area contributed by atoms with E-state index in [1.807, 2.05) is 0 Å². The number of esters is 1. The minimum Gasteiger partial charge on any atom is -0.468 e. The molecule has 1 atom stereocenters. The highest BCUT2D eigenvalue weighted by Crippen LogP contribution is 2.28. The van der Waals surface area contributed by atoms with Gasteiger partial charge in [-0.05, 0) is 35.7 Å². The van der Waals surface area contributed by atoms with Gasteiger partial charge in [0, 0.05) is 43.2 Å². The summed E-state index contributed by atoms with van der Waals surface area (Å²) in [5.41, 5.74) is 10.9. The van der Waals surface area contributed by atoms with Crippen molar-refractivity contribution in [1.29, 1.82) is 0 Å². The molecule has 0 amide bonds. The molecule has 1 unspecified atom stereocenters. The maximum Gasteiger partial charge on any atom is 0.322 e. The highest BCUT2D eigenvalue weighted by molar-refractivity contribution is 5.87. The molecule has 1 aliphatic rings. The molecule has 0 radical (unpaired) electrons. The summed E-state index contributed by atoms with van der Waals surface area (Å²) < 4.78 is 6.94. The minimum atomic E-state index is -0.614. The number of carbonyl (C=O) groups excluding carboxylic acids is 1. The number of ether oxygens (including phenoxy) is 1. The Bertz CT molecular complexity index is 690. The molecule has 112 valence electrons. The zero-order chi connectivity index (χ0) is 15.0. The quantitative estimate of drug-likeness (QED) is 0.832. The lowest BCUT2D eigenvalue weighted by molar-refractivity contribution is -0.142. The van der Waals surface area contributed by atoms with E-state index in [1.54, 1.807) is 0 Å². The topological polar surface area (TPSA) is 69.3 Å². The number of hydrogen-bond acceptors (Lipinski definition) is 4. The molecular weight excluding hydrogens is 266 g/mol. The number of rotatable bonds is 4. The Kier molecular flexibility index (Phi) is 3.69. The van der Waals surface area contributed by atoms with Crippen LogP contribution in [0, 0.1) is 0 Å². The molecule has 5 nitrogen and oxygen atoms in total. The van der Waals surface area contributed by atoms with Gasteiger partial charge in [-0.1, -0.05) is 0 Å². The van der Waals surface area contributed by atoms with Gasteiger partial charge in [-0.15, -0.1) is 0 Å². The summed E-state index contributed by atoms with van der Waals surface area (Å²) in [5, 5.41) is 4.56. The lowest BCUT2D eigenvalue weighted by Crippen LogP contribution is -2.33. The molecule has 1 aromatic carbocycles. The monoisotopic (exact) mass is 287 g/mol. The minimum absolute atomic E-state index is 0.366. The average Bonchev–Trinajstić information content (AvgIpc) is 3.08. The molecule has 3 rings (SSSR count). The molecule has 0 aliphatic carbocycles. The number of carbonyl (C=O) groups is 1. The van der Waals surface area contributed by atoms with Crippen LogP contribution in [0.3, 0.4) is 0 Å². The van der Waals surface area contributed by atoms with E-state index in [9.17, 15) is 4.79 Å². The van der Waals surface area contributed by atoms with E-state index in [4.69, 9.17) is 10.5 Å². The molecule has 5 heteroatoms. The number of nitrogens with zero attached hydrogens (tertiary/aromatic N) is 1. The van der Waals surface area contributed by atoms with Crippen molar-refractivity contribution in [2.24, 2.45) is 5.73 Å². The number of methoxy groups -OCH3 is 1. The van der Waals surface area contributed by atoms with Gasteiger partial charge < -0.3 is 20.4 Å². The lowest BCUT2D eigenvalue weighted by Gasteiger charge is -2.08. The third kappa shape index (κ3) is 2.43. The van der Waals surface area contributed by atoms with Crippen LogP contribution in [0.15, 0.2) is 18.3 Å². The third-order valence-electron chi connectivity index (χ3n) is 4.20. The van der Waals surface area contributed by atoms with Crippen LogP contribution in [0.25, 0.3) is 10.9 Å². The Balaban J connectivity index is 2.04. The number of fused-ring (bicyclic) bond motifs is 2. The summed E-state index contributed by atoms with van der Waals surface area (Å²) >= 11 is 0. The molecule has 0 bridgehead atoms. The van der Waals surface area contributed by atoms with Gasteiger partial charge in [0.2, 0.25) is 0 Å². The first-order valence-electron chi connectivity index (χ1n) is 7.31. The Hall–Kier alpha value is -1.85. The Morgan fingerprint density at radius 3 is 2.81 bits per heavy atom. The maximum absolute atomic E-state index is 11.6. The van der Waals surface area contributed by atoms with E-state index in [2.05, 4.69) is 35.1 Å². The van der Waals surface area contributed by atoms with Gasteiger partial charge in [-0.3, -0.25) is 4.79 Å². The van der Waals surface area contributed by atoms with Crippen molar-refractivity contribution in [3.8, 4) is 0 Å². The molecule has 2 aromatic rings. The number of hydrogen-bond donors (Lipinski definition) is 2. The Morgan fingerprint density at radius 1 is 1.43 bits per heavy atom. The van der Waals surface area contributed by atoms with Gasteiger partial charge in [0.15, 0.2) is 0 Å². The van der Waals surface area contributed by atoms with Crippen LogP contribution >= 0.6 is 0 Å². The summed E-state index contributed by atoms with van der Waals surface area (Å²) in [4.78, 5) is 11.6. The highest BCUT2D eigenvalue weighted by Gasteiger charge is 2.20. The average molecular weight is 287 g/mol. The summed E-state index contributed by atoms with van der Waals surface area (Å²) in [6, 6.07) is 3.87. The van der Waals surface area contributed by atoms with E-state index in [-0.39, 0.29) is 5.97 Å². The summed E-state index contributed by atoms with van der Waals surface area (Å²) in [7, 11) is 1.37. The molecule has 1 aliphatic heterocycles. The van der Waals surface area contributed by atoms with Gasteiger partial charge in [-0.2, -0.15) is 0 Å². The molecule has 0 saturated heterocycles. The molecular formula is C16H21N3O2. The zero-order valence-electron chi connectivity index (χ0n) is 12.5. The van der Waals surface area contributed by atoms with Crippen LogP contribution in [-0.2, 0) is 35.6 Å². The number of nitrogens with two attached hydrogens (primary N) is 1. The first-order chi connectivity index (χ1) is 10.1. The fraction of sp³-hybridized carbons (Fsp3) is 0.438. The summed E-state index contributed by atoms with van der Waals surface area (Å²) in [6.07, 6.45) is 2.61. The van der Waals surface area contributed by atoms with Gasteiger partial charge >= 0.3 is 5.97 Å². The summed E-state index contributed by atoms with van der Waals surface area (Å²) in [5.74, 6) is -0.366. The van der Waals surface area contributed by atoms with Crippen LogP contribution in [-0.4, -0.2) is 23.7 Å². The third-order valence-corrected chi connectivity index (χ3v) is 4.20. The van der Waals surface area contributed by atoms with Crippen molar-refractivity contribution in [3.63, 3.8) is 0 Å². The SMILES string of the molecule is CCn1cc(CC(N)C(=O)OC)c2cc3c(cc21)CNC3. The van der Waals surface area contributed by atoms with Crippen molar-refractivity contribution in [2.75, 3.05) is 7.11 Å². The second-order valence-electron chi connectivity index (χ2n) is 5.52. The highest BCUT2D eigenvalue weighted by atomic mass is 16.5. The standard InChI is InChI=1S/C16H21N3O2/c1-3-19-9-12(5-14(17)16(20)21-2)13-4-10-7-18-8-11(10)6-15(13)19/h4,6,9,14,18H,3,5,7-8,17H2,1-2H3. The fourth-order valence-corrected chi connectivity index (χ4v) is 3.06. The molecule has 2 heterocycles. The zero-order valence-corrected chi connectivity index (χ0v) is 12.5. The number of benzene rings is 1. The first kappa shape index (κ1) is 14.1. The van der Waals surface area contributed by atoms with Crippen molar-refractivity contribution < 1.29 is 9.53 Å². The second-order valence-corrected chi connectivity index (χ2v) is 5.52. The molecule has 0 spiro atoms. The van der Waals surface area contributed by atoms with Crippen molar-refractivity contribution in [1.82, 2.24) is 9.88 Å². The number of nitrogens with one attached hydrogen (secondary N) is 1. The molecule has 21 heavy (non-hydrogen) atoms. The predicted octanol–water partition coefficient (Wildman–Crippen LogP) is 1.31. The molecule has 0 saturated carbocycles. The van der Waals surface area contributed by atoms with E-state index < -0.39 is 6.04 Å². The van der Waals surface area contributed by atoms with Crippen molar-refractivity contribution >= 4 is 16.9 Å². The van der Waals surface area contributed by atoms with Crippen LogP contribution in [0.5, 0.6) is 0 Å². The predicted molar refractivity (Wildman–Crippen MR) is 81.9 cm³/mol. The van der Waals surface area contributed by atoms with Gasteiger partial charge in [0.05, 0.1) is 7.11 Å². The molecule has 0 fully saturated rings. The smallest absolute Gasteiger partial charge is 0.322 e. The fourth-order valence-electron chi connectivity index (χ4n) is 3.06. The van der Waals surface area contributed by atoms with E-state index in [1.165, 1.54) is 29.1 Å².